The van der Waals surface area contributed by atoms with Crippen LogP contribution in [0.5, 0.6) is 5.88 Å². The molecule has 0 atom stereocenters. The van der Waals surface area contributed by atoms with E-state index in [9.17, 15) is 0 Å². The van der Waals surface area contributed by atoms with Gasteiger partial charge in [0.25, 0.3) is 0 Å². The van der Waals surface area contributed by atoms with Crippen LogP contribution < -0.4 is 10.1 Å². The molecule has 1 aromatic rings. The molecule has 0 bridgehead atoms. The van der Waals surface area contributed by atoms with E-state index in [1.165, 1.54) is 0 Å². The van der Waals surface area contributed by atoms with E-state index in [1.54, 1.807) is 6.20 Å². The van der Waals surface area contributed by atoms with Crippen molar-refractivity contribution in [2.24, 2.45) is 5.92 Å². The maximum atomic E-state index is 5.59. The Morgan fingerprint density at radius 3 is 2.78 bits per heavy atom. The number of anilines is 1. The second-order valence-electron chi connectivity index (χ2n) is 4.53. The monoisotopic (exact) mass is 253 g/mol. The summed E-state index contributed by atoms with van der Waals surface area (Å²) >= 11 is 0. The zero-order valence-corrected chi connectivity index (χ0v) is 11.7. The van der Waals surface area contributed by atoms with E-state index in [4.69, 9.17) is 9.47 Å². The number of hydrogen-bond acceptors (Lipinski definition) is 5. The summed E-state index contributed by atoms with van der Waals surface area (Å²) in [7, 11) is 0. The highest BCUT2D eigenvalue weighted by molar-refractivity contribution is 5.32. The molecule has 1 aromatic heterocycles. The molecule has 0 aliphatic rings. The second kappa shape index (κ2) is 7.87. The van der Waals surface area contributed by atoms with Crippen LogP contribution in [0.3, 0.4) is 0 Å². The zero-order chi connectivity index (χ0) is 13.4. The first-order valence-electron chi connectivity index (χ1n) is 6.41. The lowest BCUT2D eigenvalue weighted by atomic mass is 10.2. The molecule has 0 radical (unpaired) electrons. The summed E-state index contributed by atoms with van der Waals surface area (Å²) in [6.07, 6.45) is 1.76. The molecule has 18 heavy (non-hydrogen) atoms. The van der Waals surface area contributed by atoms with Crippen LogP contribution in [-0.4, -0.2) is 36.3 Å². The Labute approximate surface area is 109 Å². The summed E-state index contributed by atoms with van der Waals surface area (Å²) in [5.74, 6) is 1.77. The molecule has 0 saturated carbocycles. The van der Waals surface area contributed by atoms with Gasteiger partial charge in [0.1, 0.15) is 6.61 Å². The van der Waals surface area contributed by atoms with Gasteiger partial charge in [-0.05, 0) is 19.8 Å². The normalized spacial score (nSPS) is 10.7. The first kappa shape index (κ1) is 14.7. The molecular formula is C13H23N3O2. The Morgan fingerprint density at radius 2 is 2.11 bits per heavy atom. The summed E-state index contributed by atoms with van der Waals surface area (Å²) in [6, 6.07) is 0. The van der Waals surface area contributed by atoms with Crippen LogP contribution in [-0.2, 0) is 4.74 Å². The lowest BCUT2D eigenvalue weighted by Gasteiger charge is -2.10. The van der Waals surface area contributed by atoms with E-state index >= 15 is 0 Å². The van der Waals surface area contributed by atoms with Crippen molar-refractivity contribution in [3.63, 3.8) is 0 Å². The van der Waals surface area contributed by atoms with Crippen LogP contribution in [0.1, 0.15) is 26.3 Å². The van der Waals surface area contributed by atoms with Crippen molar-refractivity contribution < 1.29 is 9.47 Å². The number of aryl methyl sites for hydroxylation is 1. The van der Waals surface area contributed by atoms with E-state index < -0.39 is 0 Å². The number of aromatic nitrogens is 2. The van der Waals surface area contributed by atoms with Gasteiger partial charge in [0.15, 0.2) is 0 Å². The maximum absolute atomic E-state index is 5.59. The molecule has 0 amide bonds. The van der Waals surface area contributed by atoms with Gasteiger partial charge in [-0.2, -0.15) is 4.98 Å². The molecular weight excluding hydrogens is 230 g/mol. The van der Waals surface area contributed by atoms with E-state index in [2.05, 4.69) is 29.1 Å². The maximum Gasteiger partial charge on any atom is 0.225 e. The third-order valence-corrected chi connectivity index (χ3v) is 2.18. The van der Waals surface area contributed by atoms with E-state index in [1.807, 2.05) is 13.8 Å². The molecule has 5 heteroatoms. The van der Waals surface area contributed by atoms with Gasteiger partial charge < -0.3 is 14.8 Å². The zero-order valence-electron chi connectivity index (χ0n) is 11.7. The van der Waals surface area contributed by atoms with Crippen LogP contribution in [0, 0.1) is 12.8 Å². The topological polar surface area (TPSA) is 56.3 Å². The fourth-order valence-corrected chi connectivity index (χ4v) is 1.33. The predicted molar refractivity (Wildman–Crippen MR) is 72.1 cm³/mol. The summed E-state index contributed by atoms with van der Waals surface area (Å²) in [5.41, 5.74) is 0.931. The minimum Gasteiger partial charge on any atom is -0.475 e. The highest BCUT2D eigenvalue weighted by Gasteiger charge is 2.04. The molecule has 0 spiro atoms. The number of hydrogen-bond donors (Lipinski definition) is 1. The molecule has 1 heterocycles. The molecule has 0 aliphatic heterocycles. The van der Waals surface area contributed by atoms with Crippen molar-refractivity contribution in [2.45, 2.75) is 27.7 Å². The third-order valence-electron chi connectivity index (χ3n) is 2.18. The van der Waals surface area contributed by atoms with Crippen LogP contribution in [0.25, 0.3) is 0 Å². The molecule has 0 unspecified atom stereocenters. The van der Waals surface area contributed by atoms with E-state index in [-0.39, 0.29) is 0 Å². The Morgan fingerprint density at radius 1 is 1.33 bits per heavy atom. The average molecular weight is 253 g/mol. The predicted octanol–water partition coefficient (Wildman–Crippen LogP) is 2.27. The molecule has 0 aliphatic carbocycles. The van der Waals surface area contributed by atoms with Crippen LogP contribution in [0.4, 0.5) is 5.95 Å². The average Bonchev–Trinajstić information content (AvgIpc) is 2.32. The Balaban J connectivity index is 2.38. The molecule has 0 fully saturated rings. The fraction of sp³-hybridized carbons (Fsp3) is 0.692. The third kappa shape index (κ3) is 5.31. The SMILES string of the molecule is CCNc1ncc(C)c(OCCOCC(C)C)n1. The summed E-state index contributed by atoms with van der Waals surface area (Å²) in [4.78, 5) is 8.46. The Hall–Kier alpha value is -1.36. The van der Waals surface area contributed by atoms with Gasteiger partial charge in [-0.3, -0.25) is 0 Å². The number of nitrogens with one attached hydrogen (secondary N) is 1. The van der Waals surface area contributed by atoms with Gasteiger partial charge >= 0.3 is 0 Å². The minimum absolute atomic E-state index is 0.510. The molecule has 0 aromatic carbocycles. The highest BCUT2D eigenvalue weighted by atomic mass is 16.5. The first-order valence-corrected chi connectivity index (χ1v) is 6.41. The standard InChI is InChI=1S/C13H23N3O2/c1-5-14-13-15-8-11(4)12(16-13)18-7-6-17-9-10(2)3/h8,10H,5-7,9H2,1-4H3,(H,14,15,16). The van der Waals surface area contributed by atoms with Crippen LogP contribution >= 0.6 is 0 Å². The van der Waals surface area contributed by atoms with Gasteiger partial charge in [0.2, 0.25) is 11.8 Å². The summed E-state index contributed by atoms with van der Waals surface area (Å²) in [6.45, 7) is 10.8. The molecule has 102 valence electrons. The van der Waals surface area contributed by atoms with Crippen molar-refractivity contribution in [3.8, 4) is 5.88 Å². The van der Waals surface area contributed by atoms with Gasteiger partial charge in [0, 0.05) is 24.9 Å². The second-order valence-corrected chi connectivity index (χ2v) is 4.53. The largest absolute Gasteiger partial charge is 0.475 e. The van der Waals surface area contributed by atoms with Gasteiger partial charge in [-0.1, -0.05) is 13.8 Å². The number of ether oxygens (including phenoxy) is 2. The first-order chi connectivity index (χ1) is 8.63. The van der Waals surface area contributed by atoms with Crippen molar-refractivity contribution in [1.82, 2.24) is 9.97 Å². The number of nitrogens with zero attached hydrogens (tertiary/aromatic N) is 2. The lowest BCUT2D eigenvalue weighted by Crippen LogP contribution is -2.12. The van der Waals surface area contributed by atoms with Crippen LogP contribution in [0.2, 0.25) is 0 Å². The molecule has 0 saturated heterocycles. The van der Waals surface area contributed by atoms with Gasteiger partial charge in [-0.15, -0.1) is 0 Å². The van der Waals surface area contributed by atoms with Gasteiger partial charge in [0.05, 0.1) is 6.61 Å². The van der Waals surface area contributed by atoms with Crippen molar-refractivity contribution in [3.05, 3.63) is 11.8 Å². The van der Waals surface area contributed by atoms with E-state index in [0.717, 1.165) is 18.7 Å². The Bertz CT molecular complexity index is 356. The molecule has 1 rings (SSSR count). The lowest BCUT2D eigenvalue weighted by molar-refractivity contribution is 0.0804. The smallest absolute Gasteiger partial charge is 0.225 e. The van der Waals surface area contributed by atoms with Crippen molar-refractivity contribution in [2.75, 3.05) is 31.7 Å². The molecule has 1 N–H and O–H groups in total. The van der Waals surface area contributed by atoms with Crippen molar-refractivity contribution in [1.29, 1.82) is 0 Å². The minimum atomic E-state index is 0.510. The van der Waals surface area contributed by atoms with Gasteiger partial charge in [-0.25, -0.2) is 4.98 Å². The number of rotatable bonds is 8. The Kier molecular flexibility index (Phi) is 6.43. The van der Waals surface area contributed by atoms with Crippen molar-refractivity contribution >= 4 is 5.95 Å². The summed E-state index contributed by atoms with van der Waals surface area (Å²) < 4.78 is 11.0. The fourth-order valence-electron chi connectivity index (χ4n) is 1.33. The summed E-state index contributed by atoms with van der Waals surface area (Å²) in [5, 5.41) is 3.06. The van der Waals surface area contributed by atoms with E-state index in [0.29, 0.717) is 31.0 Å². The van der Waals surface area contributed by atoms with Crippen LogP contribution in [0.15, 0.2) is 6.20 Å². The molecule has 5 nitrogen and oxygen atoms in total. The highest BCUT2D eigenvalue weighted by Crippen LogP contribution is 2.14. The quantitative estimate of drug-likeness (QED) is 0.720.